The Hall–Kier alpha value is -3.57. The van der Waals surface area contributed by atoms with Gasteiger partial charge in [0, 0.05) is 11.8 Å². The van der Waals surface area contributed by atoms with Crippen molar-refractivity contribution in [2.75, 3.05) is 10.6 Å². The largest absolute Gasteiger partial charge is 0.389 e. The van der Waals surface area contributed by atoms with Crippen LogP contribution in [0.4, 0.5) is 20.6 Å². The molecule has 2 amide bonds. The second kappa shape index (κ2) is 7.45. The third kappa shape index (κ3) is 3.60. The second-order valence-corrected chi connectivity index (χ2v) is 6.44. The van der Waals surface area contributed by atoms with Gasteiger partial charge in [0.05, 0.1) is 47.3 Å². The number of aliphatic hydroxyl groups is 1. The molecule has 0 saturated heterocycles. The number of urea groups is 1. The van der Waals surface area contributed by atoms with E-state index in [0.717, 1.165) is 0 Å². The van der Waals surface area contributed by atoms with Crippen LogP contribution in [0, 0.1) is 5.82 Å². The van der Waals surface area contributed by atoms with Crippen molar-refractivity contribution >= 4 is 34.5 Å². The fraction of sp³-hybridized carbons (Fsp3) is 0.118. The van der Waals surface area contributed by atoms with Crippen molar-refractivity contribution in [1.29, 1.82) is 0 Å². The lowest BCUT2D eigenvalue weighted by atomic mass is 10.1. The quantitative estimate of drug-likeness (QED) is 0.470. The van der Waals surface area contributed by atoms with Gasteiger partial charge in [-0.1, -0.05) is 11.6 Å². The van der Waals surface area contributed by atoms with E-state index >= 15 is 0 Å². The molecule has 0 aliphatic carbocycles. The molecular weight excluding hydrogens is 403 g/mol. The molecule has 1 unspecified atom stereocenters. The van der Waals surface area contributed by atoms with Gasteiger partial charge in [0.1, 0.15) is 5.52 Å². The van der Waals surface area contributed by atoms with Gasteiger partial charge in [-0.2, -0.15) is 15.3 Å². The van der Waals surface area contributed by atoms with E-state index in [-0.39, 0.29) is 21.8 Å². The summed E-state index contributed by atoms with van der Waals surface area (Å²) in [4.78, 5) is 17.8. The summed E-state index contributed by atoms with van der Waals surface area (Å²) in [7, 11) is 0. The van der Waals surface area contributed by atoms with Crippen molar-refractivity contribution in [2.24, 2.45) is 0 Å². The fourth-order valence-corrected chi connectivity index (χ4v) is 3.08. The number of carbonyl (C=O) groups excluding carboxylic acids is 1. The van der Waals surface area contributed by atoms with Crippen molar-refractivity contribution in [1.82, 2.24) is 29.6 Å². The first-order chi connectivity index (χ1) is 13.9. The Kier molecular flexibility index (Phi) is 4.82. The standard InChI is InChI=1S/C17H14ClFN8O2/c1-9(28)14-13(8-23-26-5-2-12(19)15(14)26)25-17(29)24-10-6-11(18)16(20-7-10)27-21-3-4-22-27/h2-9,28H,1H3,(H2,24,25,29). The Morgan fingerprint density at radius 1 is 1.24 bits per heavy atom. The number of hydrogen-bond donors (Lipinski definition) is 3. The second-order valence-electron chi connectivity index (χ2n) is 6.03. The van der Waals surface area contributed by atoms with Gasteiger partial charge in [-0.15, -0.1) is 4.80 Å². The molecule has 4 rings (SSSR count). The molecule has 0 fully saturated rings. The number of nitrogens with one attached hydrogen (secondary N) is 2. The van der Waals surface area contributed by atoms with Crippen LogP contribution in [0.15, 0.2) is 43.1 Å². The molecule has 0 aliphatic heterocycles. The number of aliphatic hydroxyl groups excluding tert-OH is 1. The number of anilines is 2. The van der Waals surface area contributed by atoms with Crippen LogP contribution in [-0.4, -0.2) is 40.7 Å². The van der Waals surface area contributed by atoms with E-state index in [2.05, 4.69) is 30.9 Å². The molecule has 4 heterocycles. The molecule has 3 N–H and O–H groups in total. The van der Waals surface area contributed by atoms with Gasteiger partial charge >= 0.3 is 6.03 Å². The monoisotopic (exact) mass is 416 g/mol. The zero-order valence-corrected chi connectivity index (χ0v) is 15.7. The Morgan fingerprint density at radius 3 is 2.69 bits per heavy atom. The lowest BCUT2D eigenvalue weighted by molar-refractivity contribution is 0.200. The molecular formula is C17H14ClFN8O2. The van der Waals surface area contributed by atoms with Gasteiger partial charge in [-0.3, -0.25) is 0 Å². The number of hydrogen-bond acceptors (Lipinski definition) is 6. The number of pyridine rings is 1. The van der Waals surface area contributed by atoms with E-state index < -0.39 is 18.0 Å². The van der Waals surface area contributed by atoms with Crippen molar-refractivity contribution < 1.29 is 14.3 Å². The minimum atomic E-state index is -1.04. The first kappa shape index (κ1) is 18.8. The number of fused-ring (bicyclic) bond motifs is 1. The SMILES string of the molecule is CC(O)c1c(NC(=O)Nc2cnc(-n3nccn3)c(Cl)c2)cnn2ccc(F)c12. The first-order valence-electron chi connectivity index (χ1n) is 8.38. The molecule has 29 heavy (non-hydrogen) atoms. The Bertz CT molecular complexity index is 1190. The maximum Gasteiger partial charge on any atom is 0.323 e. The van der Waals surface area contributed by atoms with Crippen molar-refractivity contribution in [2.45, 2.75) is 13.0 Å². The van der Waals surface area contributed by atoms with Gasteiger partial charge in [0.25, 0.3) is 0 Å². The summed E-state index contributed by atoms with van der Waals surface area (Å²) < 4.78 is 15.4. The molecule has 0 radical (unpaired) electrons. The van der Waals surface area contributed by atoms with Crippen LogP contribution in [-0.2, 0) is 0 Å². The molecule has 1 atom stereocenters. The summed E-state index contributed by atoms with van der Waals surface area (Å²) in [6.45, 7) is 1.47. The maximum atomic E-state index is 14.1. The smallest absolute Gasteiger partial charge is 0.323 e. The number of carbonyl (C=O) groups is 1. The van der Waals surface area contributed by atoms with E-state index in [0.29, 0.717) is 11.5 Å². The Balaban J connectivity index is 1.57. The predicted octanol–water partition coefficient (Wildman–Crippen LogP) is 2.80. The Morgan fingerprint density at radius 2 is 2.00 bits per heavy atom. The van der Waals surface area contributed by atoms with Gasteiger partial charge in [0.15, 0.2) is 11.6 Å². The molecule has 0 saturated carbocycles. The molecule has 4 aromatic heterocycles. The van der Waals surface area contributed by atoms with Crippen molar-refractivity contribution in [3.8, 4) is 5.82 Å². The summed E-state index contributed by atoms with van der Waals surface area (Å²) in [5.74, 6) is -0.256. The minimum absolute atomic E-state index is 0.0820. The number of aromatic nitrogens is 6. The average Bonchev–Trinajstić information content (AvgIpc) is 3.32. The van der Waals surface area contributed by atoms with Gasteiger partial charge in [0.2, 0.25) is 0 Å². The van der Waals surface area contributed by atoms with Gasteiger partial charge < -0.3 is 15.7 Å². The highest BCUT2D eigenvalue weighted by Gasteiger charge is 2.19. The van der Waals surface area contributed by atoms with Crippen LogP contribution in [0.5, 0.6) is 0 Å². The lowest BCUT2D eigenvalue weighted by Gasteiger charge is -2.15. The number of nitrogens with zero attached hydrogens (tertiary/aromatic N) is 6. The van der Waals surface area contributed by atoms with E-state index in [1.807, 2.05) is 0 Å². The van der Waals surface area contributed by atoms with Gasteiger partial charge in [-0.25, -0.2) is 18.7 Å². The fourth-order valence-electron chi connectivity index (χ4n) is 2.84. The third-order valence-corrected chi connectivity index (χ3v) is 4.31. The topological polar surface area (TPSA) is 122 Å². The minimum Gasteiger partial charge on any atom is -0.389 e. The Labute approximate surface area is 167 Å². The number of halogens is 2. The van der Waals surface area contributed by atoms with Crippen LogP contribution in [0.1, 0.15) is 18.6 Å². The van der Waals surface area contributed by atoms with E-state index in [1.54, 1.807) is 0 Å². The van der Waals surface area contributed by atoms with Crippen LogP contribution >= 0.6 is 11.6 Å². The number of amides is 2. The molecule has 4 aromatic rings. The summed E-state index contributed by atoms with van der Waals surface area (Å²) in [6.07, 6.45) is 6.05. The number of rotatable bonds is 4. The van der Waals surface area contributed by atoms with Gasteiger partial charge in [-0.05, 0) is 19.1 Å². The average molecular weight is 417 g/mol. The highest BCUT2D eigenvalue weighted by Crippen LogP contribution is 2.29. The van der Waals surface area contributed by atoms with Crippen molar-refractivity contribution in [3.63, 3.8) is 0 Å². The molecule has 10 nitrogen and oxygen atoms in total. The summed E-state index contributed by atoms with van der Waals surface area (Å²) >= 11 is 6.18. The maximum absolute atomic E-state index is 14.1. The molecule has 148 valence electrons. The normalized spacial score (nSPS) is 12.1. The third-order valence-electron chi connectivity index (χ3n) is 4.03. The summed E-state index contributed by atoms with van der Waals surface area (Å²) in [6, 6.07) is 2.06. The van der Waals surface area contributed by atoms with Crippen LogP contribution in [0.2, 0.25) is 5.02 Å². The molecule has 0 spiro atoms. The first-order valence-corrected chi connectivity index (χ1v) is 8.76. The summed E-state index contributed by atoms with van der Waals surface area (Å²) in [5.41, 5.74) is 0.761. The van der Waals surface area contributed by atoms with Crippen molar-refractivity contribution in [3.05, 3.63) is 59.5 Å². The summed E-state index contributed by atoms with van der Waals surface area (Å²) in [5, 5.41) is 27.4. The molecule has 12 heteroatoms. The zero-order valence-electron chi connectivity index (χ0n) is 14.9. The molecule has 0 aromatic carbocycles. The lowest BCUT2D eigenvalue weighted by Crippen LogP contribution is -2.21. The highest BCUT2D eigenvalue weighted by atomic mass is 35.5. The van der Waals surface area contributed by atoms with Crippen LogP contribution in [0.25, 0.3) is 11.3 Å². The van der Waals surface area contributed by atoms with E-state index in [4.69, 9.17) is 11.6 Å². The molecule has 0 aliphatic rings. The van der Waals surface area contributed by atoms with E-state index in [1.165, 1.54) is 59.4 Å². The zero-order chi connectivity index (χ0) is 20.5. The van der Waals surface area contributed by atoms with E-state index in [9.17, 15) is 14.3 Å². The van der Waals surface area contributed by atoms with Crippen LogP contribution < -0.4 is 10.6 Å². The molecule has 0 bridgehead atoms. The van der Waals surface area contributed by atoms with Crippen LogP contribution in [0.3, 0.4) is 0 Å². The highest BCUT2D eigenvalue weighted by molar-refractivity contribution is 6.32. The predicted molar refractivity (Wildman–Crippen MR) is 103 cm³/mol.